The lowest BCUT2D eigenvalue weighted by atomic mass is 10.1. The van der Waals surface area contributed by atoms with Crippen LogP contribution in [0.15, 0.2) is 36.7 Å². The molecular weight excluding hydrogens is 353 g/mol. The zero-order chi connectivity index (χ0) is 18.9. The molecule has 2 aromatic rings. The standard InChI is InChI=1S/C16H15F3N4O3/c17-16(18,19)11-1-3-13(4-2-11)23-9-12(7-20-23)21-15(26)22-6-5-10(8-22)14(24)25/h1-4,7,9-10H,5-6,8H2,(H,21,26)(H,24,25). The summed E-state index contributed by atoms with van der Waals surface area (Å²) in [6, 6.07) is 4.01. The van der Waals surface area contributed by atoms with Gasteiger partial charge < -0.3 is 15.3 Å². The molecule has 0 radical (unpaired) electrons. The van der Waals surface area contributed by atoms with Gasteiger partial charge in [-0.1, -0.05) is 0 Å². The first-order valence-electron chi connectivity index (χ1n) is 7.75. The van der Waals surface area contributed by atoms with Crippen molar-refractivity contribution in [2.45, 2.75) is 12.6 Å². The number of benzene rings is 1. The maximum Gasteiger partial charge on any atom is 0.416 e. The molecule has 1 aliphatic rings. The molecule has 2 amide bonds. The van der Waals surface area contributed by atoms with Crippen LogP contribution in [-0.4, -0.2) is 44.9 Å². The minimum atomic E-state index is -4.41. The molecule has 1 aromatic carbocycles. The number of nitrogens with one attached hydrogen (secondary N) is 1. The summed E-state index contributed by atoms with van der Waals surface area (Å²) < 4.78 is 39.1. The van der Waals surface area contributed by atoms with Gasteiger partial charge in [0.25, 0.3) is 0 Å². The summed E-state index contributed by atoms with van der Waals surface area (Å²) in [6.45, 7) is 0.476. The van der Waals surface area contributed by atoms with Crippen molar-refractivity contribution in [3.63, 3.8) is 0 Å². The molecule has 0 aliphatic carbocycles. The number of hydrogen-bond donors (Lipinski definition) is 2. The van der Waals surface area contributed by atoms with E-state index in [1.165, 1.54) is 34.1 Å². The van der Waals surface area contributed by atoms with E-state index in [-0.39, 0.29) is 6.54 Å². The summed E-state index contributed by atoms with van der Waals surface area (Å²) in [5, 5.41) is 15.6. The highest BCUT2D eigenvalue weighted by Gasteiger charge is 2.31. The van der Waals surface area contributed by atoms with Crippen LogP contribution in [0.25, 0.3) is 5.69 Å². The Morgan fingerprint density at radius 2 is 1.92 bits per heavy atom. The van der Waals surface area contributed by atoms with Crippen molar-refractivity contribution >= 4 is 17.7 Å². The molecule has 3 rings (SSSR count). The second-order valence-corrected chi connectivity index (χ2v) is 5.92. The van der Waals surface area contributed by atoms with Crippen LogP contribution >= 0.6 is 0 Å². The Balaban J connectivity index is 1.65. The lowest BCUT2D eigenvalue weighted by Crippen LogP contribution is -2.33. The van der Waals surface area contributed by atoms with E-state index in [4.69, 9.17) is 5.11 Å². The number of rotatable bonds is 3. The number of anilines is 1. The summed E-state index contributed by atoms with van der Waals surface area (Å²) in [7, 11) is 0. The van der Waals surface area contributed by atoms with Gasteiger partial charge >= 0.3 is 18.2 Å². The highest BCUT2D eigenvalue weighted by Crippen LogP contribution is 2.29. The number of halogens is 3. The average molecular weight is 368 g/mol. The summed E-state index contributed by atoms with van der Waals surface area (Å²) in [5.41, 5.74) is 0.00300. The Labute approximate surface area is 146 Å². The average Bonchev–Trinajstić information content (AvgIpc) is 3.23. The number of likely N-dealkylation sites (tertiary alicyclic amines) is 1. The van der Waals surface area contributed by atoms with E-state index in [0.29, 0.717) is 24.3 Å². The van der Waals surface area contributed by atoms with Gasteiger partial charge in [-0.25, -0.2) is 9.48 Å². The Hall–Kier alpha value is -3.04. The molecule has 1 aliphatic heterocycles. The number of carboxylic acids is 1. The molecule has 1 atom stereocenters. The van der Waals surface area contributed by atoms with E-state index in [1.54, 1.807) is 0 Å². The summed E-state index contributed by atoms with van der Waals surface area (Å²) in [6.07, 6.45) is -1.19. The van der Waals surface area contributed by atoms with Gasteiger partial charge in [0, 0.05) is 13.1 Å². The summed E-state index contributed by atoms with van der Waals surface area (Å²) in [5.74, 6) is -1.51. The first kappa shape index (κ1) is 17.8. The normalized spacial score (nSPS) is 17.3. The third-order valence-corrected chi connectivity index (χ3v) is 4.12. The molecule has 1 fully saturated rings. The minimum Gasteiger partial charge on any atom is -0.481 e. The third-order valence-electron chi connectivity index (χ3n) is 4.12. The van der Waals surface area contributed by atoms with Crippen molar-refractivity contribution in [3.8, 4) is 5.69 Å². The van der Waals surface area contributed by atoms with Crippen LogP contribution in [-0.2, 0) is 11.0 Å². The fraction of sp³-hybridized carbons (Fsp3) is 0.312. The highest BCUT2D eigenvalue weighted by atomic mass is 19.4. The Kier molecular flexibility index (Phi) is 4.58. The molecule has 2 heterocycles. The zero-order valence-corrected chi connectivity index (χ0v) is 13.4. The molecule has 1 saturated heterocycles. The minimum absolute atomic E-state index is 0.133. The number of alkyl halides is 3. The van der Waals surface area contributed by atoms with Gasteiger partial charge in [0.15, 0.2) is 0 Å². The van der Waals surface area contributed by atoms with Crippen LogP contribution in [0.4, 0.5) is 23.7 Å². The van der Waals surface area contributed by atoms with E-state index < -0.39 is 29.7 Å². The monoisotopic (exact) mass is 368 g/mol. The van der Waals surface area contributed by atoms with Crippen LogP contribution in [0, 0.1) is 5.92 Å². The Bertz CT molecular complexity index is 817. The number of carbonyl (C=O) groups is 2. The van der Waals surface area contributed by atoms with E-state index in [0.717, 1.165) is 12.1 Å². The van der Waals surface area contributed by atoms with Gasteiger partial charge in [-0.3, -0.25) is 4.79 Å². The second-order valence-electron chi connectivity index (χ2n) is 5.92. The predicted molar refractivity (Wildman–Crippen MR) is 84.9 cm³/mol. The molecule has 1 aromatic heterocycles. The third kappa shape index (κ3) is 3.79. The van der Waals surface area contributed by atoms with Gasteiger partial charge in [0.05, 0.1) is 35.2 Å². The number of carboxylic acid groups (broad SMARTS) is 1. The number of amides is 2. The largest absolute Gasteiger partial charge is 0.481 e. The van der Waals surface area contributed by atoms with E-state index >= 15 is 0 Å². The molecule has 138 valence electrons. The number of hydrogen-bond acceptors (Lipinski definition) is 3. The molecule has 26 heavy (non-hydrogen) atoms. The van der Waals surface area contributed by atoms with Crippen LogP contribution in [0.5, 0.6) is 0 Å². The molecule has 0 bridgehead atoms. The molecule has 7 nitrogen and oxygen atoms in total. The van der Waals surface area contributed by atoms with E-state index in [1.807, 2.05) is 0 Å². The van der Waals surface area contributed by atoms with Crippen molar-refractivity contribution in [2.24, 2.45) is 5.92 Å². The SMILES string of the molecule is O=C(O)C1CCN(C(=O)Nc2cnn(-c3ccc(C(F)(F)F)cc3)c2)C1. The van der Waals surface area contributed by atoms with E-state index in [2.05, 4.69) is 10.4 Å². The topological polar surface area (TPSA) is 87.5 Å². The Morgan fingerprint density at radius 1 is 1.23 bits per heavy atom. The molecule has 1 unspecified atom stereocenters. The quantitative estimate of drug-likeness (QED) is 0.872. The maximum atomic E-state index is 12.6. The smallest absolute Gasteiger partial charge is 0.416 e. The van der Waals surface area contributed by atoms with Gasteiger partial charge in [-0.05, 0) is 30.7 Å². The number of nitrogens with zero attached hydrogens (tertiary/aromatic N) is 3. The van der Waals surface area contributed by atoms with Crippen LogP contribution in [0.1, 0.15) is 12.0 Å². The van der Waals surface area contributed by atoms with Crippen molar-refractivity contribution in [2.75, 3.05) is 18.4 Å². The second kappa shape index (κ2) is 6.70. The van der Waals surface area contributed by atoms with Crippen LogP contribution < -0.4 is 5.32 Å². The van der Waals surface area contributed by atoms with Crippen molar-refractivity contribution in [3.05, 3.63) is 42.2 Å². The zero-order valence-electron chi connectivity index (χ0n) is 13.4. The van der Waals surface area contributed by atoms with Crippen molar-refractivity contribution in [1.82, 2.24) is 14.7 Å². The summed E-state index contributed by atoms with van der Waals surface area (Å²) in [4.78, 5) is 24.5. The number of carbonyl (C=O) groups excluding carboxylic acids is 1. The lowest BCUT2D eigenvalue weighted by molar-refractivity contribution is -0.141. The number of urea groups is 1. The fourth-order valence-corrected chi connectivity index (χ4v) is 2.68. The molecular formula is C16H15F3N4O3. The van der Waals surface area contributed by atoms with E-state index in [9.17, 15) is 22.8 Å². The Morgan fingerprint density at radius 3 is 2.50 bits per heavy atom. The fourth-order valence-electron chi connectivity index (χ4n) is 2.68. The first-order valence-corrected chi connectivity index (χ1v) is 7.75. The maximum absolute atomic E-state index is 12.6. The molecule has 2 N–H and O–H groups in total. The highest BCUT2D eigenvalue weighted by molar-refractivity contribution is 5.89. The lowest BCUT2D eigenvalue weighted by Gasteiger charge is -2.15. The first-order chi connectivity index (χ1) is 12.2. The predicted octanol–water partition coefficient (Wildman–Crippen LogP) is 2.83. The van der Waals surface area contributed by atoms with Crippen LogP contribution in [0.2, 0.25) is 0 Å². The number of aromatic nitrogens is 2. The number of aliphatic carboxylic acids is 1. The van der Waals surface area contributed by atoms with Gasteiger partial charge in [0.2, 0.25) is 0 Å². The van der Waals surface area contributed by atoms with Gasteiger partial charge in [0.1, 0.15) is 0 Å². The van der Waals surface area contributed by atoms with Gasteiger partial charge in [-0.2, -0.15) is 18.3 Å². The van der Waals surface area contributed by atoms with Gasteiger partial charge in [-0.15, -0.1) is 0 Å². The van der Waals surface area contributed by atoms with Crippen molar-refractivity contribution < 1.29 is 27.9 Å². The molecule has 10 heteroatoms. The van der Waals surface area contributed by atoms with Crippen molar-refractivity contribution in [1.29, 1.82) is 0 Å². The summed E-state index contributed by atoms with van der Waals surface area (Å²) >= 11 is 0. The molecule has 0 saturated carbocycles. The van der Waals surface area contributed by atoms with Crippen LogP contribution in [0.3, 0.4) is 0 Å². The molecule has 0 spiro atoms.